The van der Waals surface area contributed by atoms with Gasteiger partial charge in [-0.3, -0.25) is 0 Å². The van der Waals surface area contributed by atoms with Crippen LogP contribution in [0.1, 0.15) is 51.4 Å². The van der Waals surface area contributed by atoms with Crippen molar-refractivity contribution in [2.45, 2.75) is 51.4 Å². The molecule has 0 aromatic heterocycles. The lowest BCUT2D eigenvalue weighted by molar-refractivity contribution is 0.337. The van der Waals surface area contributed by atoms with Gasteiger partial charge in [0, 0.05) is 0 Å². The maximum Gasteiger partial charge on any atom is -0.00489 e. The molecule has 0 bridgehead atoms. The molecule has 1 aliphatic carbocycles. The Morgan fingerprint density at radius 1 is 0.643 bits per heavy atom. The molecule has 4 N–H and O–H groups in total. The monoisotopic (exact) mass is 198 g/mol. The Labute approximate surface area is 88.4 Å². The summed E-state index contributed by atoms with van der Waals surface area (Å²) in [7, 11) is 0. The number of hydrogen-bond acceptors (Lipinski definition) is 2. The van der Waals surface area contributed by atoms with Crippen LogP contribution in [0.2, 0.25) is 0 Å². The zero-order valence-electron chi connectivity index (χ0n) is 9.38. The first-order valence-electron chi connectivity index (χ1n) is 6.27. The van der Waals surface area contributed by atoms with Crippen molar-refractivity contribution in [1.82, 2.24) is 0 Å². The van der Waals surface area contributed by atoms with Gasteiger partial charge in [0.1, 0.15) is 0 Å². The second-order valence-corrected chi connectivity index (χ2v) is 4.77. The summed E-state index contributed by atoms with van der Waals surface area (Å²) >= 11 is 0. The largest absolute Gasteiger partial charge is 0.330 e. The first-order valence-corrected chi connectivity index (χ1v) is 6.27. The molecule has 2 unspecified atom stereocenters. The molecule has 1 aliphatic rings. The molecule has 0 aromatic carbocycles. The van der Waals surface area contributed by atoms with Gasteiger partial charge in [-0.05, 0) is 50.6 Å². The summed E-state index contributed by atoms with van der Waals surface area (Å²) < 4.78 is 0. The van der Waals surface area contributed by atoms with Crippen molar-refractivity contribution in [3.05, 3.63) is 0 Å². The van der Waals surface area contributed by atoms with Gasteiger partial charge in [0.15, 0.2) is 0 Å². The zero-order valence-corrected chi connectivity index (χ0v) is 9.38. The maximum atomic E-state index is 5.77. The molecule has 0 aliphatic heterocycles. The third-order valence-corrected chi connectivity index (χ3v) is 3.62. The van der Waals surface area contributed by atoms with Crippen LogP contribution in [0.5, 0.6) is 0 Å². The van der Waals surface area contributed by atoms with Crippen LogP contribution in [0, 0.1) is 11.8 Å². The first kappa shape index (κ1) is 12.0. The van der Waals surface area contributed by atoms with Crippen molar-refractivity contribution in [1.29, 1.82) is 0 Å². The van der Waals surface area contributed by atoms with Gasteiger partial charge in [-0.1, -0.05) is 25.7 Å². The van der Waals surface area contributed by atoms with Crippen LogP contribution in [-0.2, 0) is 0 Å². The third-order valence-electron chi connectivity index (χ3n) is 3.62. The van der Waals surface area contributed by atoms with Crippen LogP contribution < -0.4 is 11.5 Å². The van der Waals surface area contributed by atoms with E-state index < -0.39 is 0 Å². The lowest BCUT2D eigenvalue weighted by atomic mass is 9.87. The van der Waals surface area contributed by atoms with Gasteiger partial charge in [0.25, 0.3) is 0 Å². The van der Waals surface area contributed by atoms with Crippen LogP contribution >= 0.6 is 0 Å². The van der Waals surface area contributed by atoms with Gasteiger partial charge in [-0.15, -0.1) is 0 Å². The Bertz CT molecular complexity index is 120. The minimum atomic E-state index is 0.766. The molecule has 1 saturated carbocycles. The minimum Gasteiger partial charge on any atom is -0.330 e. The second kappa shape index (κ2) is 7.24. The molecule has 2 atom stereocenters. The van der Waals surface area contributed by atoms with E-state index in [1.54, 1.807) is 0 Å². The fourth-order valence-electron chi connectivity index (χ4n) is 2.45. The maximum absolute atomic E-state index is 5.77. The van der Waals surface area contributed by atoms with Crippen LogP contribution in [-0.4, -0.2) is 13.1 Å². The molecule has 0 amide bonds. The van der Waals surface area contributed by atoms with Gasteiger partial charge in [0.05, 0.1) is 0 Å². The summed E-state index contributed by atoms with van der Waals surface area (Å²) in [6.07, 6.45) is 10.9. The standard InChI is InChI=1S/C12H26N2/c13-9-11-5-3-1-2-4-6-12(10-14)8-7-11/h11-12H,1-10,13-14H2. The zero-order chi connectivity index (χ0) is 10.2. The van der Waals surface area contributed by atoms with Crippen molar-refractivity contribution in [3.8, 4) is 0 Å². The van der Waals surface area contributed by atoms with Crippen molar-refractivity contribution < 1.29 is 0 Å². The Balaban J connectivity index is 2.32. The molecule has 0 saturated heterocycles. The lowest BCUT2D eigenvalue weighted by Crippen LogP contribution is -2.20. The van der Waals surface area contributed by atoms with Gasteiger partial charge < -0.3 is 11.5 Å². The van der Waals surface area contributed by atoms with E-state index in [-0.39, 0.29) is 0 Å². The van der Waals surface area contributed by atoms with Gasteiger partial charge in [-0.25, -0.2) is 0 Å². The molecule has 84 valence electrons. The molecule has 0 aromatic rings. The number of rotatable bonds is 2. The summed E-state index contributed by atoms with van der Waals surface area (Å²) in [6, 6.07) is 0. The topological polar surface area (TPSA) is 52.0 Å². The van der Waals surface area contributed by atoms with Gasteiger partial charge >= 0.3 is 0 Å². The Morgan fingerprint density at radius 2 is 1.07 bits per heavy atom. The highest BCUT2D eigenvalue weighted by atomic mass is 14.6. The fourth-order valence-corrected chi connectivity index (χ4v) is 2.45. The van der Waals surface area contributed by atoms with Crippen LogP contribution in [0.25, 0.3) is 0 Å². The number of hydrogen-bond donors (Lipinski definition) is 2. The van der Waals surface area contributed by atoms with E-state index in [0.717, 1.165) is 24.9 Å². The lowest BCUT2D eigenvalue weighted by Gasteiger charge is -2.21. The van der Waals surface area contributed by atoms with E-state index in [4.69, 9.17) is 11.5 Å². The average molecular weight is 198 g/mol. The normalized spacial score (nSPS) is 31.3. The molecule has 0 radical (unpaired) electrons. The summed E-state index contributed by atoms with van der Waals surface area (Å²) in [5, 5.41) is 0. The third kappa shape index (κ3) is 4.43. The highest BCUT2D eigenvalue weighted by Crippen LogP contribution is 2.23. The molecule has 0 heterocycles. The Morgan fingerprint density at radius 3 is 1.43 bits per heavy atom. The predicted molar refractivity (Wildman–Crippen MR) is 62.0 cm³/mol. The van der Waals surface area contributed by atoms with Crippen LogP contribution in [0.4, 0.5) is 0 Å². The van der Waals surface area contributed by atoms with Gasteiger partial charge in [0.2, 0.25) is 0 Å². The van der Waals surface area contributed by atoms with Crippen molar-refractivity contribution in [2.75, 3.05) is 13.1 Å². The highest BCUT2D eigenvalue weighted by molar-refractivity contribution is 4.68. The molecule has 1 fully saturated rings. The summed E-state index contributed by atoms with van der Waals surface area (Å²) in [5.74, 6) is 1.53. The van der Waals surface area contributed by atoms with E-state index in [0.29, 0.717) is 0 Å². The van der Waals surface area contributed by atoms with Crippen LogP contribution in [0.15, 0.2) is 0 Å². The first-order chi connectivity index (χ1) is 6.86. The summed E-state index contributed by atoms with van der Waals surface area (Å²) in [5.41, 5.74) is 11.5. The Kier molecular flexibility index (Phi) is 6.20. The summed E-state index contributed by atoms with van der Waals surface area (Å²) in [4.78, 5) is 0. The predicted octanol–water partition coefficient (Wildman–Crippen LogP) is 2.27. The quantitative estimate of drug-likeness (QED) is 0.715. The van der Waals surface area contributed by atoms with Crippen molar-refractivity contribution in [3.63, 3.8) is 0 Å². The fraction of sp³-hybridized carbons (Fsp3) is 1.00. The summed E-state index contributed by atoms with van der Waals surface area (Å²) in [6.45, 7) is 1.74. The van der Waals surface area contributed by atoms with E-state index in [9.17, 15) is 0 Å². The van der Waals surface area contributed by atoms with E-state index in [1.807, 2.05) is 0 Å². The van der Waals surface area contributed by atoms with E-state index >= 15 is 0 Å². The van der Waals surface area contributed by atoms with E-state index in [1.165, 1.54) is 51.4 Å². The van der Waals surface area contributed by atoms with Gasteiger partial charge in [-0.2, -0.15) is 0 Å². The molecule has 2 heteroatoms. The number of nitrogens with two attached hydrogens (primary N) is 2. The average Bonchev–Trinajstić information content (AvgIpc) is 2.25. The smallest absolute Gasteiger partial charge is 0.00489 e. The molecule has 1 rings (SSSR count). The minimum absolute atomic E-state index is 0.766. The van der Waals surface area contributed by atoms with Crippen molar-refractivity contribution in [2.24, 2.45) is 23.3 Å². The van der Waals surface area contributed by atoms with Crippen molar-refractivity contribution >= 4 is 0 Å². The highest BCUT2D eigenvalue weighted by Gasteiger charge is 2.13. The Hall–Kier alpha value is -0.0800. The van der Waals surface area contributed by atoms with Crippen LogP contribution in [0.3, 0.4) is 0 Å². The molecule has 0 spiro atoms. The molecule has 2 nitrogen and oxygen atoms in total. The van der Waals surface area contributed by atoms with E-state index in [2.05, 4.69) is 0 Å². The second-order valence-electron chi connectivity index (χ2n) is 4.77. The molecular formula is C12H26N2. The SMILES string of the molecule is NCC1CCCCCCC(CN)CC1. The molecular weight excluding hydrogens is 172 g/mol. The molecule has 14 heavy (non-hydrogen) atoms.